The molecule has 2 rings (SSSR count). The molecule has 0 fully saturated rings. The van der Waals surface area contributed by atoms with E-state index < -0.39 is 5.97 Å². The molecule has 2 aromatic rings. The molecule has 0 aliphatic carbocycles. The molecule has 6 nitrogen and oxygen atoms in total. The first-order chi connectivity index (χ1) is 9.08. The van der Waals surface area contributed by atoms with Gasteiger partial charge in [-0.15, -0.1) is 10.2 Å². The number of hydrogen-bond donors (Lipinski definition) is 1. The summed E-state index contributed by atoms with van der Waals surface area (Å²) < 4.78 is 6.97. The van der Waals surface area contributed by atoms with Gasteiger partial charge in [0.15, 0.2) is 6.61 Å². The fourth-order valence-electron chi connectivity index (χ4n) is 1.68. The Kier molecular flexibility index (Phi) is 3.79. The van der Waals surface area contributed by atoms with Crippen molar-refractivity contribution in [3.63, 3.8) is 0 Å². The first-order valence-corrected chi connectivity index (χ1v) is 5.93. The van der Waals surface area contributed by atoms with Gasteiger partial charge in [0.1, 0.15) is 17.9 Å². The predicted molar refractivity (Wildman–Crippen MR) is 68.6 cm³/mol. The lowest BCUT2D eigenvalue weighted by atomic mass is 10.2. The van der Waals surface area contributed by atoms with Crippen molar-refractivity contribution >= 4 is 5.97 Å². The number of benzene rings is 1. The summed E-state index contributed by atoms with van der Waals surface area (Å²) >= 11 is 0. The minimum atomic E-state index is -0.995. The summed E-state index contributed by atoms with van der Waals surface area (Å²) in [5, 5.41) is 16.5. The van der Waals surface area contributed by atoms with Crippen LogP contribution in [0.2, 0.25) is 0 Å². The third kappa shape index (κ3) is 3.09. The number of aromatic nitrogens is 3. The van der Waals surface area contributed by atoms with Gasteiger partial charge in [-0.1, -0.05) is 13.8 Å². The second-order valence-electron chi connectivity index (χ2n) is 4.39. The number of carboxylic acids is 1. The smallest absolute Gasteiger partial charge is 0.341 e. The standard InChI is InChI=1S/C13H15N3O3/c1-9(2)13-15-14-8-16(13)10-3-5-11(6-4-10)19-7-12(17)18/h3-6,8-9H,7H2,1-2H3,(H,17,18). The Balaban J connectivity index is 2.18. The molecule has 0 amide bonds. The molecule has 0 spiro atoms. The normalized spacial score (nSPS) is 10.7. The summed E-state index contributed by atoms with van der Waals surface area (Å²) in [7, 11) is 0. The Morgan fingerprint density at radius 3 is 2.63 bits per heavy atom. The third-order valence-corrected chi connectivity index (χ3v) is 2.57. The van der Waals surface area contributed by atoms with E-state index in [1.807, 2.05) is 30.5 Å². The monoisotopic (exact) mass is 261 g/mol. The Hall–Kier alpha value is -2.37. The number of rotatable bonds is 5. The molecule has 0 radical (unpaired) electrons. The Labute approximate surface area is 110 Å². The van der Waals surface area contributed by atoms with Crippen LogP contribution in [-0.4, -0.2) is 32.4 Å². The molecule has 1 aromatic carbocycles. The van der Waals surface area contributed by atoms with E-state index in [4.69, 9.17) is 9.84 Å². The molecule has 0 saturated carbocycles. The highest BCUT2D eigenvalue weighted by atomic mass is 16.5. The van der Waals surface area contributed by atoms with Gasteiger partial charge in [-0.05, 0) is 24.3 Å². The number of carbonyl (C=O) groups is 1. The lowest BCUT2D eigenvalue weighted by molar-refractivity contribution is -0.139. The molecule has 0 atom stereocenters. The van der Waals surface area contributed by atoms with Gasteiger partial charge in [0.2, 0.25) is 0 Å². The molecule has 1 heterocycles. The molecule has 0 unspecified atom stereocenters. The molecule has 1 N–H and O–H groups in total. The van der Waals surface area contributed by atoms with Crippen LogP contribution in [0, 0.1) is 0 Å². The van der Waals surface area contributed by atoms with Gasteiger partial charge < -0.3 is 9.84 Å². The number of nitrogens with zero attached hydrogens (tertiary/aromatic N) is 3. The van der Waals surface area contributed by atoms with Crippen LogP contribution < -0.4 is 4.74 Å². The van der Waals surface area contributed by atoms with E-state index in [0.29, 0.717) is 5.75 Å². The SMILES string of the molecule is CC(C)c1nncn1-c1ccc(OCC(=O)O)cc1. The van der Waals surface area contributed by atoms with Crippen molar-refractivity contribution in [3.05, 3.63) is 36.4 Å². The highest BCUT2D eigenvalue weighted by Crippen LogP contribution is 2.19. The van der Waals surface area contributed by atoms with Crippen molar-refractivity contribution in [2.75, 3.05) is 6.61 Å². The van der Waals surface area contributed by atoms with Crippen LogP contribution in [0.3, 0.4) is 0 Å². The van der Waals surface area contributed by atoms with Gasteiger partial charge in [0.05, 0.1) is 0 Å². The van der Waals surface area contributed by atoms with Crippen LogP contribution >= 0.6 is 0 Å². The summed E-state index contributed by atoms with van der Waals surface area (Å²) in [6.07, 6.45) is 1.66. The largest absolute Gasteiger partial charge is 0.482 e. The van der Waals surface area contributed by atoms with Crippen LogP contribution in [0.5, 0.6) is 5.75 Å². The lowest BCUT2D eigenvalue weighted by Gasteiger charge is -2.09. The summed E-state index contributed by atoms with van der Waals surface area (Å²) in [6.45, 7) is 3.75. The minimum Gasteiger partial charge on any atom is -0.482 e. The minimum absolute atomic E-state index is 0.269. The predicted octanol–water partition coefficient (Wildman–Crippen LogP) is 1.85. The number of ether oxygens (including phenoxy) is 1. The fraction of sp³-hybridized carbons (Fsp3) is 0.308. The first-order valence-electron chi connectivity index (χ1n) is 5.93. The zero-order chi connectivity index (χ0) is 13.8. The maximum atomic E-state index is 10.4. The van der Waals surface area contributed by atoms with Crippen LogP contribution in [0.25, 0.3) is 5.69 Å². The van der Waals surface area contributed by atoms with Crippen molar-refractivity contribution in [3.8, 4) is 11.4 Å². The molecule has 0 aliphatic rings. The Morgan fingerprint density at radius 1 is 1.37 bits per heavy atom. The van der Waals surface area contributed by atoms with Gasteiger partial charge in [0.25, 0.3) is 0 Å². The van der Waals surface area contributed by atoms with E-state index in [2.05, 4.69) is 10.2 Å². The number of aliphatic carboxylic acids is 1. The van der Waals surface area contributed by atoms with Crippen LogP contribution in [0.15, 0.2) is 30.6 Å². The van der Waals surface area contributed by atoms with Crippen LogP contribution in [0.1, 0.15) is 25.6 Å². The maximum Gasteiger partial charge on any atom is 0.341 e. The third-order valence-electron chi connectivity index (χ3n) is 2.57. The number of carboxylic acid groups (broad SMARTS) is 1. The van der Waals surface area contributed by atoms with E-state index in [1.165, 1.54) is 0 Å². The second-order valence-corrected chi connectivity index (χ2v) is 4.39. The molecule has 6 heteroatoms. The topological polar surface area (TPSA) is 77.2 Å². The summed E-state index contributed by atoms with van der Waals surface area (Å²) in [5.41, 5.74) is 0.913. The molecular formula is C13H15N3O3. The summed E-state index contributed by atoms with van der Waals surface area (Å²) in [6, 6.07) is 7.13. The second kappa shape index (κ2) is 5.51. The first kappa shape index (κ1) is 13.1. The molecule has 0 bridgehead atoms. The average molecular weight is 261 g/mol. The van der Waals surface area contributed by atoms with Crippen LogP contribution in [-0.2, 0) is 4.79 Å². The fourth-order valence-corrected chi connectivity index (χ4v) is 1.68. The highest BCUT2D eigenvalue weighted by Gasteiger charge is 2.10. The number of hydrogen-bond acceptors (Lipinski definition) is 4. The molecule has 0 aliphatic heterocycles. The summed E-state index contributed by atoms with van der Waals surface area (Å²) in [5.74, 6) is 0.667. The van der Waals surface area contributed by atoms with E-state index in [-0.39, 0.29) is 12.5 Å². The molecule has 1 aromatic heterocycles. The Morgan fingerprint density at radius 2 is 2.05 bits per heavy atom. The van der Waals surface area contributed by atoms with Crippen molar-refractivity contribution in [2.45, 2.75) is 19.8 Å². The van der Waals surface area contributed by atoms with Gasteiger partial charge in [-0.25, -0.2) is 4.79 Å². The quantitative estimate of drug-likeness (QED) is 0.888. The van der Waals surface area contributed by atoms with Crippen LogP contribution in [0.4, 0.5) is 0 Å². The van der Waals surface area contributed by atoms with E-state index in [0.717, 1.165) is 11.5 Å². The van der Waals surface area contributed by atoms with E-state index in [9.17, 15) is 4.79 Å². The van der Waals surface area contributed by atoms with Crippen molar-refractivity contribution in [1.29, 1.82) is 0 Å². The van der Waals surface area contributed by atoms with Crippen molar-refractivity contribution < 1.29 is 14.6 Å². The average Bonchev–Trinajstić information content (AvgIpc) is 2.86. The van der Waals surface area contributed by atoms with Gasteiger partial charge in [0, 0.05) is 11.6 Å². The molecule has 19 heavy (non-hydrogen) atoms. The zero-order valence-corrected chi connectivity index (χ0v) is 10.8. The van der Waals surface area contributed by atoms with Gasteiger partial charge >= 0.3 is 5.97 Å². The highest BCUT2D eigenvalue weighted by molar-refractivity contribution is 5.68. The van der Waals surface area contributed by atoms with E-state index >= 15 is 0 Å². The van der Waals surface area contributed by atoms with Crippen molar-refractivity contribution in [1.82, 2.24) is 14.8 Å². The Bertz CT molecular complexity index is 561. The van der Waals surface area contributed by atoms with Gasteiger partial charge in [-0.3, -0.25) is 4.57 Å². The lowest BCUT2D eigenvalue weighted by Crippen LogP contribution is -2.09. The van der Waals surface area contributed by atoms with Gasteiger partial charge in [-0.2, -0.15) is 0 Å². The molecule has 0 saturated heterocycles. The summed E-state index contributed by atoms with van der Waals surface area (Å²) in [4.78, 5) is 10.4. The molecular weight excluding hydrogens is 246 g/mol. The molecule has 100 valence electrons. The zero-order valence-electron chi connectivity index (χ0n) is 10.8. The van der Waals surface area contributed by atoms with Crippen molar-refractivity contribution in [2.24, 2.45) is 0 Å². The van der Waals surface area contributed by atoms with E-state index in [1.54, 1.807) is 18.5 Å². The maximum absolute atomic E-state index is 10.4.